The summed E-state index contributed by atoms with van der Waals surface area (Å²) in [6.07, 6.45) is 6.08. The number of carboxylic acid groups (broad SMARTS) is 1. The fourth-order valence-electron chi connectivity index (χ4n) is 2.72. The average Bonchev–Trinajstić information content (AvgIpc) is 3.00. The number of carbonyl (C=O) groups is 2. The van der Waals surface area contributed by atoms with Crippen molar-refractivity contribution in [1.82, 2.24) is 5.32 Å². The van der Waals surface area contributed by atoms with E-state index in [-0.39, 0.29) is 17.9 Å². The molecule has 120 valence electrons. The maximum atomic E-state index is 11.9. The quantitative estimate of drug-likeness (QED) is 0.723. The van der Waals surface area contributed by atoms with E-state index in [2.05, 4.69) is 5.32 Å². The fourth-order valence-corrected chi connectivity index (χ4v) is 2.72. The van der Waals surface area contributed by atoms with E-state index in [9.17, 15) is 9.59 Å². The van der Waals surface area contributed by atoms with Gasteiger partial charge < -0.3 is 15.2 Å². The molecule has 0 radical (unpaired) electrons. The number of rotatable bonds is 8. The number of aromatic carboxylic acids is 1. The lowest BCUT2D eigenvalue weighted by atomic mass is 10.0. The van der Waals surface area contributed by atoms with Crippen molar-refractivity contribution < 1.29 is 19.4 Å². The molecule has 22 heavy (non-hydrogen) atoms. The highest BCUT2D eigenvalue weighted by Crippen LogP contribution is 2.20. The van der Waals surface area contributed by atoms with E-state index in [1.165, 1.54) is 18.9 Å². The van der Waals surface area contributed by atoms with E-state index in [1.807, 2.05) is 0 Å². The van der Waals surface area contributed by atoms with Crippen molar-refractivity contribution in [1.29, 1.82) is 0 Å². The third-order valence-corrected chi connectivity index (χ3v) is 3.90. The molecule has 5 nitrogen and oxygen atoms in total. The van der Waals surface area contributed by atoms with Crippen LogP contribution in [0.25, 0.3) is 0 Å². The zero-order valence-corrected chi connectivity index (χ0v) is 12.7. The lowest BCUT2D eigenvalue weighted by Gasteiger charge is -2.11. The van der Waals surface area contributed by atoms with Crippen molar-refractivity contribution in [3.63, 3.8) is 0 Å². The zero-order valence-electron chi connectivity index (χ0n) is 12.7. The predicted molar refractivity (Wildman–Crippen MR) is 82.9 cm³/mol. The number of ether oxygens (including phenoxy) is 1. The van der Waals surface area contributed by atoms with Gasteiger partial charge in [-0.2, -0.15) is 0 Å². The summed E-state index contributed by atoms with van der Waals surface area (Å²) >= 11 is 0. The summed E-state index contributed by atoms with van der Waals surface area (Å²) in [5, 5.41) is 11.9. The maximum Gasteiger partial charge on any atom is 0.335 e. The first-order valence-corrected chi connectivity index (χ1v) is 7.86. The van der Waals surface area contributed by atoms with Crippen LogP contribution >= 0.6 is 0 Å². The van der Waals surface area contributed by atoms with Gasteiger partial charge in [-0.05, 0) is 30.9 Å². The summed E-state index contributed by atoms with van der Waals surface area (Å²) in [6, 6.07) is 6.59. The number of hydrogen-bond acceptors (Lipinski definition) is 3. The third-order valence-electron chi connectivity index (χ3n) is 3.90. The summed E-state index contributed by atoms with van der Waals surface area (Å²) < 4.78 is 5.72. The van der Waals surface area contributed by atoms with E-state index in [0.29, 0.717) is 24.8 Å². The van der Waals surface area contributed by atoms with Crippen molar-refractivity contribution in [2.45, 2.75) is 44.6 Å². The van der Waals surface area contributed by atoms with Gasteiger partial charge in [0.15, 0.2) is 0 Å². The molecular weight excluding hydrogens is 282 g/mol. The molecule has 1 fully saturated rings. The second-order valence-corrected chi connectivity index (χ2v) is 5.62. The van der Waals surface area contributed by atoms with Crippen LogP contribution in [0.2, 0.25) is 0 Å². The molecule has 1 aromatic rings. The molecule has 0 aromatic heterocycles. The van der Waals surface area contributed by atoms with Crippen LogP contribution in [0, 0.1) is 0 Å². The predicted octanol–water partition coefficient (Wildman–Crippen LogP) is 2.39. The molecule has 0 heterocycles. The molecule has 1 aliphatic carbocycles. The first kappa shape index (κ1) is 16.5. The molecule has 0 spiro atoms. The van der Waals surface area contributed by atoms with Crippen LogP contribution in [-0.2, 0) is 16.0 Å². The highest BCUT2D eigenvalue weighted by atomic mass is 16.5. The molecule has 1 amide bonds. The van der Waals surface area contributed by atoms with Gasteiger partial charge in [-0.25, -0.2) is 4.79 Å². The van der Waals surface area contributed by atoms with E-state index in [1.54, 1.807) is 18.2 Å². The van der Waals surface area contributed by atoms with Gasteiger partial charge in [-0.3, -0.25) is 4.79 Å². The first-order valence-electron chi connectivity index (χ1n) is 7.86. The van der Waals surface area contributed by atoms with Crippen molar-refractivity contribution in [3.05, 3.63) is 35.4 Å². The molecule has 5 heteroatoms. The van der Waals surface area contributed by atoms with Crippen LogP contribution in [0.3, 0.4) is 0 Å². The number of carboxylic acids is 1. The summed E-state index contributed by atoms with van der Waals surface area (Å²) in [4.78, 5) is 22.9. The van der Waals surface area contributed by atoms with Gasteiger partial charge in [0.25, 0.3) is 0 Å². The van der Waals surface area contributed by atoms with Crippen molar-refractivity contribution >= 4 is 11.9 Å². The Labute approximate surface area is 130 Å². The van der Waals surface area contributed by atoms with Gasteiger partial charge in [-0.15, -0.1) is 0 Å². The SMILES string of the molecule is O=C(Cc1ccccc1C(=O)O)NCCCOC1CCCC1. The van der Waals surface area contributed by atoms with Crippen LogP contribution in [-0.4, -0.2) is 36.2 Å². The highest BCUT2D eigenvalue weighted by Gasteiger charge is 2.15. The monoisotopic (exact) mass is 305 g/mol. The molecule has 0 saturated heterocycles. The Morgan fingerprint density at radius 3 is 2.68 bits per heavy atom. The topological polar surface area (TPSA) is 75.6 Å². The minimum atomic E-state index is -1.01. The van der Waals surface area contributed by atoms with E-state index >= 15 is 0 Å². The Morgan fingerprint density at radius 1 is 1.23 bits per heavy atom. The normalized spacial score (nSPS) is 14.9. The summed E-state index contributed by atoms with van der Waals surface area (Å²) in [7, 11) is 0. The molecule has 2 rings (SSSR count). The highest BCUT2D eigenvalue weighted by molar-refractivity contribution is 5.91. The second-order valence-electron chi connectivity index (χ2n) is 5.62. The van der Waals surface area contributed by atoms with E-state index < -0.39 is 5.97 Å². The standard InChI is InChI=1S/C17H23NO4/c19-16(12-13-6-1-4-9-15(13)17(20)21)18-10-5-11-22-14-7-2-3-8-14/h1,4,6,9,14H,2-3,5,7-8,10-12H2,(H,18,19)(H,20,21). The van der Waals surface area contributed by atoms with Gasteiger partial charge in [-0.1, -0.05) is 31.0 Å². The smallest absolute Gasteiger partial charge is 0.335 e. The van der Waals surface area contributed by atoms with E-state index in [0.717, 1.165) is 19.3 Å². The lowest BCUT2D eigenvalue weighted by Crippen LogP contribution is -2.27. The van der Waals surface area contributed by atoms with Crippen molar-refractivity contribution in [3.8, 4) is 0 Å². The Morgan fingerprint density at radius 2 is 1.95 bits per heavy atom. The van der Waals surface area contributed by atoms with E-state index in [4.69, 9.17) is 9.84 Å². The minimum absolute atomic E-state index is 0.0892. The van der Waals surface area contributed by atoms with Crippen LogP contribution in [0.4, 0.5) is 0 Å². The van der Waals surface area contributed by atoms with Gasteiger partial charge >= 0.3 is 5.97 Å². The maximum absolute atomic E-state index is 11.9. The number of benzene rings is 1. The van der Waals surface area contributed by atoms with Crippen LogP contribution in [0.15, 0.2) is 24.3 Å². The average molecular weight is 305 g/mol. The van der Waals surface area contributed by atoms with Gasteiger partial charge in [0.1, 0.15) is 0 Å². The largest absolute Gasteiger partial charge is 0.478 e. The molecule has 2 N–H and O–H groups in total. The lowest BCUT2D eigenvalue weighted by molar-refractivity contribution is -0.120. The van der Waals surface area contributed by atoms with Crippen molar-refractivity contribution in [2.75, 3.05) is 13.2 Å². The Bertz CT molecular complexity index is 509. The van der Waals surface area contributed by atoms with Gasteiger partial charge in [0.2, 0.25) is 5.91 Å². The Balaban J connectivity index is 1.66. The van der Waals surface area contributed by atoms with Crippen LogP contribution in [0.1, 0.15) is 48.0 Å². The molecule has 0 aliphatic heterocycles. The molecular formula is C17H23NO4. The summed E-state index contributed by atoms with van der Waals surface area (Å²) in [5.41, 5.74) is 0.719. The van der Waals surface area contributed by atoms with Crippen LogP contribution in [0.5, 0.6) is 0 Å². The number of nitrogens with one attached hydrogen (secondary N) is 1. The zero-order chi connectivity index (χ0) is 15.8. The first-order chi connectivity index (χ1) is 10.7. The summed E-state index contributed by atoms with van der Waals surface area (Å²) in [5.74, 6) is -1.16. The van der Waals surface area contributed by atoms with Gasteiger partial charge in [0, 0.05) is 13.2 Å². The fraction of sp³-hybridized carbons (Fsp3) is 0.529. The molecule has 1 aromatic carbocycles. The van der Waals surface area contributed by atoms with Crippen LogP contribution < -0.4 is 5.32 Å². The Kier molecular flexibility index (Phi) is 6.40. The molecule has 0 bridgehead atoms. The number of hydrogen-bond donors (Lipinski definition) is 2. The van der Waals surface area contributed by atoms with Crippen molar-refractivity contribution in [2.24, 2.45) is 0 Å². The third kappa shape index (κ3) is 5.15. The Hall–Kier alpha value is -1.88. The molecule has 1 aliphatic rings. The summed E-state index contributed by atoms with van der Waals surface area (Å²) in [6.45, 7) is 1.22. The number of amides is 1. The molecule has 0 atom stereocenters. The molecule has 1 saturated carbocycles. The molecule has 0 unspecified atom stereocenters. The second kappa shape index (κ2) is 8.54. The minimum Gasteiger partial charge on any atom is -0.478 e. The number of carbonyl (C=O) groups excluding carboxylic acids is 1. The van der Waals surface area contributed by atoms with Gasteiger partial charge in [0.05, 0.1) is 18.1 Å².